The van der Waals surface area contributed by atoms with Crippen molar-refractivity contribution < 1.29 is 0 Å². The van der Waals surface area contributed by atoms with Crippen molar-refractivity contribution >= 4 is 22.9 Å². The number of nitrogens with one attached hydrogen (secondary N) is 1. The van der Waals surface area contributed by atoms with Crippen molar-refractivity contribution in [1.82, 2.24) is 10.2 Å². The molecule has 0 aromatic carbocycles. The SMILES string of the molecule is CCCNC(CN(C)C)c1ccc(Cl)s1. The second-order valence-corrected chi connectivity index (χ2v) is 5.66. The van der Waals surface area contributed by atoms with E-state index in [1.165, 1.54) is 4.88 Å². The summed E-state index contributed by atoms with van der Waals surface area (Å²) in [5.41, 5.74) is 0. The monoisotopic (exact) mass is 246 g/mol. The molecule has 1 unspecified atom stereocenters. The topological polar surface area (TPSA) is 15.3 Å². The van der Waals surface area contributed by atoms with Crippen LogP contribution in [0.3, 0.4) is 0 Å². The zero-order valence-electron chi connectivity index (χ0n) is 9.59. The molecule has 0 amide bonds. The smallest absolute Gasteiger partial charge is 0.0931 e. The maximum absolute atomic E-state index is 5.95. The molecule has 1 aromatic rings. The fourth-order valence-corrected chi connectivity index (χ4v) is 2.58. The number of nitrogens with zero attached hydrogens (tertiary/aromatic N) is 1. The maximum atomic E-state index is 5.95. The lowest BCUT2D eigenvalue weighted by molar-refractivity contribution is 0.345. The van der Waals surface area contributed by atoms with E-state index in [0.29, 0.717) is 6.04 Å². The maximum Gasteiger partial charge on any atom is 0.0931 e. The van der Waals surface area contributed by atoms with Gasteiger partial charge in [-0.15, -0.1) is 11.3 Å². The van der Waals surface area contributed by atoms with Gasteiger partial charge in [-0.3, -0.25) is 0 Å². The summed E-state index contributed by atoms with van der Waals surface area (Å²) in [5.74, 6) is 0. The Labute approximate surface area is 101 Å². The van der Waals surface area contributed by atoms with Gasteiger partial charge >= 0.3 is 0 Å². The summed E-state index contributed by atoms with van der Waals surface area (Å²) >= 11 is 7.62. The molecule has 4 heteroatoms. The molecular formula is C11H19ClN2S. The van der Waals surface area contributed by atoms with Crippen molar-refractivity contribution in [2.24, 2.45) is 0 Å². The standard InChI is InChI=1S/C11H19ClN2S/c1-4-7-13-9(8-14(2)3)10-5-6-11(12)15-10/h5-6,9,13H,4,7-8H2,1-3H3. The zero-order valence-corrected chi connectivity index (χ0v) is 11.2. The highest BCUT2D eigenvalue weighted by Crippen LogP contribution is 2.27. The van der Waals surface area contributed by atoms with Gasteiger partial charge in [0.2, 0.25) is 0 Å². The second-order valence-electron chi connectivity index (χ2n) is 3.91. The lowest BCUT2D eigenvalue weighted by Gasteiger charge is -2.21. The molecular weight excluding hydrogens is 228 g/mol. The van der Waals surface area contributed by atoms with E-state index in [0.717, 1.165) is 23.8 Å². The van der Waals surface area contributed by atoms with Gasteiger partial charge in [0.25, 0.3) is 0 Å². The summed E-state index contributed by atoms with van der Waals surface area (Å²) in [6.45, 7) is 4.24. The van der Waals surface area contributed by atoms with E-state index in [2.05, 4.69) is 37.3 Å². The lowest BCUT2D eigenvalue weighted by Crippen LogP contribution is -2.31. The van der Waals surface area contributed by atoms with E-state index in [1.54, 1.807) is 11.3 Å². The van der Waals surface area contributed by atoms with Gasteiger partial charge in [-0.1, -0.05) is 18.5 Å². The Morgan fingerprint density at radius 2 is 2.20 bits per heavy atom. The Morgan fingerprint density at radius 1 is 1.47 bits per heavy atom. The molecule has 0 aliphatic carbocycles. The number of hydrogen-bond donors (Lipinski definition) is 1. The van der Waals surface area contributed by atoms with E-state index in [1.807, 2.05) is 6.07 Å². The highest BCUT2D eigenvalue weighted by Gasteiger charge is 2.13. The average molecular weight is 247 g/mol. The molecule has 0 saturated carbocycles. The van der Waals surface area contributed by atoms with Crippen LogP contribution in [0.2, 0.25) is 4.34 Å². The third-order valence-electron chi connectivity index (χ3n) is 2.13. The number of hydrogen-bond acceptors (Lipinski definition) is 3. The first-order valence-corrected chi connectivity index (χ1v) is 6.46. The molecule has 0 bridgehead atoms. The molecule has 2 nitrogen and oxygen atoms in total. The van der Waals surface area contributed by atoms with Gasteiger partial charge in [0.1, 0.15) is 0 Å². The van der Waals surface area contributed by atoms with E-state index in [4.69, 9.17) is 11.6 Å². The van der Waals surface area contributed by atoms with Crippen molar-refractivity contribution in [3.05, 3.63) is 21.3 Å². The minimum absolute atomic E-state index is 0.400. The Hall–Kier alpha value is -0.0900. The van der Waals surface area contributed by atoms with Crippen LogP contribution < -0.4 is 5.32 Å². The summed E-state index contributed by atoms with van der Waals surface area (Å²) < 4.78 is 0.868. The summed E-state index contributed by atoms with van der Waals surface area (Å²) in [7, 11) is 4.19. The van der Waals surface area contributed by atoms with Crippen LogP contribution in [0, 0.1) is 0 Å². The van der Waals surface area contributed by atoms with E-state index >= 15 is 0 Å². The van der Waals surface area contributed by atoms with Crippen molar-refractivity contribution in [3.8, 4) is 0 Å². The Bertz CT molecular complexity index is 286. The van der Waals surface area contributed by atoms with Crippen LogP contribution >= 0.6 is 22.9 Å². The fourth-order valence-electron chi connectivity index (χ4n) is 1.45. The molecule has 0 aliphatic rings. The van der Waals surface area contributed by atoms with Crippen LogP contribution in [0.5, 0.6) is 0 Å². The molecule has 1 rings (SSSR count). The van der Waals surface area contributed by atoms with Crippen molar-refractivity contribution in [3.63, 3.8) is 0 Å². The van der Waals surface area contributed by atoms with Crippen molar-refractivity contribution in [2.75, 3.05) is 27.2 Å². The van der Waals surface area contributed by atoms with E-state index in [9.17, 15) is 0 Å². The predicted molar refractivity (Wildman–Crippen MR) is 68.9 cm³/mol. The van der Waals surface area contributed by atoms with Gasteiger partial charge in [0.05, 0.1) is 10.4 Å². The van der Waals surface area contributed by atoms with Gasteiger partial charge in [-0.05, 0) is 39.2 Å². The van der Waals surface area contributed by atoms with Crippen LogP contribution in [0.1, 0.15) is 24.3 Å². The Balaban J connectivity index is 2.62. The molecule has 86 valence electrons. The predicted octanol–water partition coefficient (Wildman–Crippen LogP) is 3.00. The number of thiophene rings is 1. The Morgan fingerprint density at radius 3 is 2.67 bits per heavy atom. The zero-order chi connectivity index (χ0) is 11.3. The van der Waals surface area contributed by atoms with Gasteiger partial charge < -0.3 is 10.2 Å². The average Bonchev–Trinajstić information content (AvgIpc) is 2.58. The highest BCUT2D eigenvalue weighted by atomic mass is 35.5. The molecule has 15 heavy (non-hydrogen) atoms. The molecule has 1 aromatic heterocycles. The third kappa shape index (κ3) is 4.51. The molecule has 1 heterocycles. The molecule has 0 radical (unpaired) electrons. The third-order valence-corrected chi connectivity index (χ3v) is 3.47. The fraction of sp³-hybridized carbons (Fsp3) is 0.636. The molecule has 1 N–H and O–H groups in total. The van der Waals surface area contributed by atoms with Gasteiger partial charge in [0.15, 0.2) is 0 Å². The minimum Gasteiger partial charge on any atom is -0.308 e. The molecule has 0 aliphatic heterocycles. The van der Waals surface area contributed by atoms with Crippen LogP contribution in [0.4, 0.5) is 0 Å². The van der Waals surface area contributed by atoms with Crippen LogP contribution in [0.15, 0.2) is 12.1 Å². The lowest BCUT2D eigenvalue weighted by atomic mass is 10.2. The summed E-state index contributed by atoms with van der Waals surface area (Å²) in [5, 5.41) is 3.54. The normalized spacial score (nSPS) is 13.4. The van der Waals surface area contributed by atoms with Gasteiger partial charge in [0, 0.05) is 11.4 Å². The molecule has 0 fully saturated rings. The number of rotatable bonds is 6. The van der Waals surface area contributed by atoms with Crippen LogP contribution in [-0.4, -0.2) is 32.1 Å². The number of halogens is 1. The van der Waals surface area contributed by atoms with Crippen LogP contribution in [0.25, 0.3) is 0 Å². The first-order valence-electron chi connectivity index (χ1n) is 5.26. The van der Waals surface area contributed by atoms with Crippen molar-refractivity contribution in [2.45, 2.75) is 19.4 Å². The number of likely N-dealkylation sites (N-methyl/N-ethyl adjacent to an activating group) is 1. The van der Waals surface area contributed by atoms with Crippen molar-refractivity contribution in [1.29, 1.82) is 0 Å². The first kappa shape index (κ1) is 13.0. The van der Waals surface area contributed by atoms with E-state index < -0.39 is 0 Å². The molecule has 1 atom stereocenters. The summed E-state index contributed by atoms with van der Waals surface area (Å²) in [4.78, 5) is 3.52. The minimum atomic E-state index is 0.400. The summed E-state index contributed by atoms with van der Waals surface area (Å²) in [6.07, 6.45) is 1.16. The first-order chi connectivity index (χ1) is 7.13. The van der Waals surface area contributed by atoms with Gasteiger partial charge in [-0.25, -0.2) is 0 Å². The van der Waals surface area contributed by atoms with Gasteiger partial charge in [-0.2, -0.15) is 0 Å². The Kier molecular flexibility index (Phi) is 5.61. The molecule has 0 saturated heterocycles. The molecule has 0 spiro atoms. The van der Waals surface area contributed by atoms with E-state index in [-0.39, 0.29) is 0 Å². The quantitative estimate of drug-likeness (QED) is 0.830. The van der Waals surface area contributed by atoms with Crippen LogP contribution in [-0.2, 0) is 0 Å². The summed E-state index contributed by atoms with van der Waals surface area (Å²) in [6, 6.07) is 4.49. The largest absolute Gasteiger partial charge is 0.308 e. The second kappa shape index (κ2) is 6.48. The highest BCUT2D eigenvalue weighted by molar-refractivity contribution is 7.16.